The lowest BCUT2D eigenvalue weighted by Crippen LogP contribution is -2.29. The predicted octanol–water partition coefficient (Wildman–Crippen LogP) is 6.79. The molecule has 1 fully saturated rings. The van der Waals surface area contributed by atoms with E-state index in [1.807, 2.05) is 37.3 Å². The summed E-state index contributed by atoms with van der Waals surface area (Å²) < 4.78 is 10.9. The molecule has 3 aromatic rings. The summed E-state index contributed by atoms with van der Waals surface area (Å²) in [5, 5.41) is 0. The number of para-hydroxylation sites is 1. The van der Waals surface area contributed by atoms with Crippen LogP contribution in [0.5, 0.6) is 0 Å². The highest BCUT2D eigenvalue weighted by Gasteiger charge is 2.33. The van der Waals surface area contributed by atoms with Gasteiger partial charge in [-0.1, -0.05) is 54.6 Å². The molecule has 0 saturated carbocycles. The molecule has 40 heavy (non-hydrogen) atoms. The van der Waals surface area contributed by atoms with E-state index in [-0.39, 0.29) is 29.7 Å². The quantitative estimate of drug-likeness (QED) is 0.235. The maximum Gasteiger partial charge on any atom is 0.338 e. The van der Waals surface area contributed by atoms with Crippen molar-refractivity contribution in [3.8, 4) is 0 Å². The van der Waals surface area contributed by atoms with Crippen molar-refractivity contribution in [3.05, 3.63) is 120 Å². The molecule has 202 valence electrons. The highest BCUT2D eigenvalue weighted by atomic mass is 16.5. The summed E-state index contributed by atoms with van der Waals surface area (Å²) in [5.41, 5.74) is 4.01. The third-order valence-electron chi connectivity index (χ3n) is 6.60. The zero-order chi connectivity index (χ0) is 27.9. The lowest BCUT2D eigenvalue weighted by Gasteiger charge is -2.32. The van der Waals surface area contributed by atoms with Crippen LogP contribution in [0, 0.1) is 0 Å². The van der Waals surface area contributed by atoms with Gasteiger partial charge in [0.1, 0.15) is 0 Å². The molecular weight excluding hydrogens is 502 g/mol. The SMILES string of the molecule is CCOC(=O)c1ccc(/N=C2/O/C(=C/c3ccc(N(c4ccccc4)[C@H]4C=CC=CC4)cc3)C(=O)N2CC)cc1. The van der Waals surface area contributed by atoms with Crippen LogP contribution in [0.1, 0.15) is 36.2 Å². The Labute approximate surface area is 234 Å². The van der Waals surface area contributed by atoms with Crippen molar-refractivity contribution in [1.29, 1.82) is 0 Å². The Morgan fingerprint density at radius 3 is 2.38 bits per heavy atom. The second kappa shape index (κ2) is 12.3. The smallest absolute Gasteiger partial charge is 0.338 e. The first kappa shape index (κ1) is 26.7. The highest BCUT2D eigenvalue weighted by molar-refractivity contribution is 6.11. The van der Waals surface area contributed by atoms with Gasteiger partial charge >= 0.3 is 12.0 Å². The summed E-state index contributed by atoms with van der Waals surface area (Å²) in [7, 11) is 0. The van der Waals surface area contributed by atoms with E-state index in [0.29, 0.717) is 24.4 Å². The number of carbonyl (C=O) groups is 2. The van der Waals surface area contributed by atoms with Gasteiger partial charge in [-0.2, -0.15) is 4.99 Å². The number of benzene rings is 3. The number of aliphatic imine (C=N–C) groups is 1. The summed E-state index contributed by atoms with van der Waals surface area (Å²) in [6.45, 7) is 4.34. The van der Waals surface area contributed by atoms with Gasteiger partial charge in [0, 0.05) is 17.9 Å². The molecule has 1 atom stereocenters. The van der Waals surface area contributed by atoms with Crippen molar-refractivity contribution in [1.82, 2.24) is 4.90 Å². The molecule has 1 aliphatic heterocycles. The molecule has 5 rings (SSSR count). The molecule has 7 nitrogen and oxygen atoms in total. The van der Waals surface area contributed by atoms with Gasteiger partial charge in [0.2, 0.25) is 0 Å². The lowest BCUT2D eigenvalue weighted by atomic mass is 10.0. The summed E-state index contributed by atoms with van der Waals surface area (Å²) in [6, 6.07) is 25.5. The number of anilines is 2. The molecule has 0 spiro atoms. The van der Waals surface area contributed by atoms with Crippen LogP contribution in [-0.2, 0) is 14.3 Å². The maximum atomic E-state index is 13.1. The van der Waals surface area contributed by atoms with E-state index < -0.39 is 0 Å². The average molecular weight is 534 g/mol. The number of rotatable bonds is 8. The fraction of sp³-hybridized carbons (Fsp3) is 0.182. The molecule has 0 radical (unpaired) electrons. The third-order valence-corrected chi connectivity index (χ3v) is 6.60. The number of ether oxygens (including phenoxy) is 2. The fourth-order valence-electron chi connectivity index (χ4n) is 4.63. The Morgan fingerprint density at radius 1 is 1.00 bits per heavy atom. The molecule has 2 aliphatic rings. The van der Waals surface area contributed by atoms with Crippen molar-refractivity contribution in [3.63, 3.8) is 0 Å². The molecular formula is C33H31N3O4. The van der Waals surface area contributed by atoms with E-state index >= 15 is 0 Å². The van der Waals surface area contributed by atoms with E-state index in [1.165, 1.54) is 4.90 Å². The topological polar surface area (TPSA) is 71.4 Å². The lowest BCUT2D eigenvalue weighted by molar-refractivity contribution is -0.122. The van der Waals surface area contributed by atoms with Crippen molar-refractivity contribution in [2.45, 2.75) is 26.3 Å². The van der Waals surface area contributed by atoms with Gasteiger partial charge < -0.3 is 14.4 Å². The molecule has 0 bridgehead atoms. The number of hydrogen-bond donors (Lipinski definition) is 0. The summed E-state index contributed by atoms with van der Waals surface area (Å²) >= 11 is 0. The van der Waals surface area contributed by atoms with Crippen molar-refractivity contribution < 1.29 is 19.1 Å². The first-order chi connectivity index (χ1) is 19.6. The molecule has 0 unspecified atom stereocenters. The Morgan fingerprint density at radius 2 is 1.73 bits per heavy atom. The number of likely N-dealkylation sites (N-methyl/N-ethyl adjacent to an activating group) is 1. The predicted molar refractivity (Wildman–Crippen MR) is 158 cm³/mol. The Kier molecular flexibility index (Phi) is 8.21. The Hall–Kier alpha value is -4.91. The first-order valence-corrected chi connectivity index (χ1v) is 13.4. The van der Waals surface area contributed by atoms with Crippen LogP contribution < -0.4 is 4.90 Å². The fourth-order valence-corrected chi connectivity index (χ4v) is 4.63. The average Bonchev–Trinajstić information content (AvgIpc) is 3.28. The van der Waals surface area contributed by atoms with Gasteiger partial charge in [-0.05, 0) is 80.4 Å². The van der Waals surface area contributed by atoms with Crippen LogP contribution in [0.3, 0.4) is 0 Å². The number of nitrogens with zero attached hydrogens (tertiary/aromatic N) is 3. The van der Waals surface area contributed by atoms with E-state index in [2.05, 4.69) is 58.5 Å². The molecule has 1 saturated heterocycles. The standard InChI is InChI=1S/C33H31N3O4/c1-3-35-31(37)30(40-33(35)34-26-19-17-25(18-20-26)32(38)39-4-2)23-24-15-21-29(22-16-24)36(27-11-7-5-8-12-27)28-13-9-6-10-14-28/h5-13,15-23,28H,3-4,14H2,1-2H3/b30-23+,34-33+/t28-/m0/s1. The maximum absolute atomic E-state index is 13.1. The number of amidine groups is 1. The van der Waals surface area contributed by atoms with Gasteiger partial charge in [-0.15, -0.1) is 0 Å². The second-order valence-corrected chi connectivity index (χ2v) is 9.23. The highest BCUT2D eigenvalue weighted by Crippen LogP contribution is 2.31. The minimum Gasteiger partial charge on any atom is -0.462 e. The summed E-state index contributed by atoms with van der Waals surface area (Å²) in [6.07, 6.45) is 11.2. The number of hydrogen-bond acceptors (Lipinski definition) is 6. The zero-order valence-electron chi connectivity index (χ0n) is 22.6. The van der Waals surface area contributed by atoms with Crippen LogP contribution in [0.15, 0.2) is 114 Å². The van der Waals surface area contributed by atoms with Gasteiger partial charge in [0.15, 0.2) is 5.76 Å². The van der Waals surface area contributed by atoms with Crippen LogP contribution in [0.25, 0.3) is 6.08 Å². The van der Waals surface area contributed by atoms with E-state index in [1.54, 1.807) is 37.3 Å². The number of amides is 1. The molecule has 1 heterocycles. The van der Waals surface area contributed by atoms with Crippen LogP contribution in [0.2, 0.25) is 0 Å². The second-order valence-electron chi connectivity index (χ2n) is 9.23. The van der Waals surface area contributed by atoms with Crippen molar-refractivity contribution in [2.24, 2.45) is 4.99 Å². The van der Waals surface area contributed by atoms with E-state index in [4.69, 9.17) is 9.47 Å². The summed E-state index contributed by atoms with van der Waals surface area (Å²) in [4.78, 5) is 33.3. The number of allylic oxidation sites excluding steroid dienone is 2. The van der Waals surface area contributed by atoms with E-state index in [9.17, 15) is 9.59 Å². The Bertz CT molecular complexity index is 1470. The largest absolute Gasteiger partial charge is 0.462 e. The zero-order valence-corrected chi connectivity index (χ0v) is 22.6. The van der Waals surface area contributed by atoms with Crippen LogP contribution >= 0.6 is 0 Å². The third kappa shape index (κ3) is 5.89. The van der Waals surface area contributed by atoms with Crippen LogP contribution in [-0.4, -0.2) is 42.0 Å². The van der Waals surface area contributed by atoms with Crippen LogP contribution in [0.4, 0.5) is 17.1 Å². The number of esters is 1. The van der Waals surface area contributed by atoms with Gasteiger partial charge in [-0.25, -0.2) is 4.79 Å². The molecule has 1 aliphatic carbocycles. The minimum atomic E-state index is -0.389. The van der Waals surface area contributed by atoms with Gasteiger partial charge in [0.25, 0.3) is 5.91 Å². The van der Waals surface area contributed by atoms with Gasteiger partial charge in [-0.3, -0.25) is 9.69 Å². The minimum absolute atomic E-state index is 0.201. The molecule has 0 aromatic heterocycles. The first-order valence-electron chi connectivity index (χ1n) is 13.4. The molecule has 0 N–H and O–H groups in total. The molecule has 7 heteroatoms. The van der Waals surface area contributed by atoms with Crippen molar-refractivity contribution in [2.75, 3.05) is 18.1 Å². The molecule has 3 aromatic carbocycles. The Balaban J connectivity index is 1.36. The molecule has 1 amide bonds. The van der Waals surface area contributed by atoms with Crippen molar-refractivity contribution >= 4 is 41.0 Å². The number of carbonyl (C=O) groups excluding carboxylic acids is 2. The normalized spacial score (nSPS) is 18.3. The monoisotopic (exact) mass is 533 g/mol. The van der Waals surface area contributed by atoms with Gasteiger partial charge in [0.05, 0.1) is 23.9 Å². The van der Waals surface area contributed by atoms with E-state index in [0.717, 1.165) is 23.4 Å². The summed E-state index contributed by atoms with van der Waals surface area (Å²) in [5.74, 6) is -0.436.